The zero-order valence-electron chi connectivity index (χ0n) is 12.3. The van der Waals surface area contributed by atoms with Gasteiger partial charge in [0.05, 0.1) is 30.1 Å². The van der Waals surface area contributed by atoms with Crippen LogP contribution in [0.25, 0.3) is 0 Å². The zero-order chi connectivity index (χ0) is 15.4. The summed E-state index contributed by atoms with van der Waals surface area (Å²) in [5.41, 5.74) is 7.50. The number of thiazole rings is 1. The summed E-state index contributed by atoms with van der Waals surface area (Å²) < 4.78 is 4.72. The molecule has 2 rings (SSSR count). The molecule has 3 N–H and O–H groups in total. The molecule has 0 radical (unpaired) electrons. The number of anilines is 2. The number of aryl methyl sites for hydroxylation is 1. The molecule has 21 heavy (non-hydrogen) atoms. The molecule has 5 nitrogen and oxygen atoms in total. The fourth-order valence-electron chi connectivity index (χ4n) is 1.96. The highest BCUT2D eigenvalue weighted by atomic mass is 32.1. The van der Waals surface area contributed by atoms with Crippen molar-refractivity contribution in [3.8, 4) is 0 Å². The van der Waals surface area contributed by atoms with E-state index in [1.54, 1.807) is 23.5 Å². The van der Waals surface area contributed by atoms with Crippen LogP contribution in [-0.4, -0.2) is 18.1 Å². The van der Waals surface area contributed by atoms with Gasteiger partial charge in [-0.2, -0.15) is 0 Å². The minimum absolute atomic E-state index is 0.0190. The number of carbonyl (C=O) groups is 1. The van der Waals surface area contributed by atoms with E-state index in [4.69, 9.17) is 10.5 Å². The Kier molecular flexibility index (Phi) is 4.80. The normalized spacial score (nSPS) is 12.0. The van der Waals surface area contributed by atoms with Crippen LogP contribution in [0.4, 0.5) is 11.4 Å². The van der Waals surface area contributed by atoms with Crippen molar-refractivity contribution in [2.45, 2.75) is 26.3 Å². The third kappa shape index (κ3) is 3.33. The number of ether oxygens (including phenoxy) is 1. The second kappa shape index (κ2) is 6.58. The molecule has 1 aromatic carbocycles. The number of nitrogens with two attached hydrogens (primary N) is 1. The third-order valence-electron chi connectivity index (χ3n) is 3.17. The van der Waals surface area contributed by atoms with E-state index in [0.29, 0.717) is 16.9 Å². The van der Waals surface area contributed by atoms with E-state index in [-0.39, 0.29) is 6.04 Å². The first-order valence-corrected chi connectivity index (χ1v) is 7.56. The molecule has 0 aliphatic rings. The summed E-state index contributed by atoms with van der Waals surface area (Å²) in [4.78, 5) is 17.3. The second-order valence-electron chi connectivity index (χ2n) is 4.64. The fourth-order valence-corrected chi connectivity index (χ4v) is 2.82. The molecule has 0 amide bonds. The Morgan fingerprint density at radius 1 is 1.52 bits per heavy atom. The molecule has 2 aromatic rings. The number of nitrogen functional groups attached to an aromatic ring is 1. The van der Waals surface area contributed by atoms with E-state index in [2.05, 4.69) is 17.2 Å². The molecule has 0 aliphatic heterocycles. The standard InChI is InChI=1S/C15H19N3O2S/c1-4-10-8-17-14(21-10)9(2)18-12-7-5-6-11(13(12)16)15(19)20-3/h5-9,18H,4,16H2,1-3H3. The number of hydrogen-bond acceptors (Lipinski definition) is 6. The molecule has 1 unspecified atom stereocenters. The summed E-state index contributed by atoms with van der Waals surface area (Å²) in [6, 6.07) is 5.28. The van der Waals surface area contributed by atoms with Crippen LogP contribution < -0.4 is 11.1 Å². The molecule has 112 valence electrons. The van der Waals surface area contributed by atoms with E-state index >= 15 is 0 Å². The largest absolute Gasteiger partial charge is 0.465 e. The molecule has 0 saturated heterocycles. The van der Waals surface area contributed by atoms with Crippen LogP contribution >= 0.6 is 11.3 Å². The van der Waals surface area contributed by atoms with Gasteiger partial charge in [-0.05, 0) is 25.5 Å². The van der Waals surface area contributed by atoms with Gasteiger partial charge in [-0.3, -0.25) is 0 Å². The van der Waals surface area contributed by atoms with Gasteiger partial charge in [-0.15, -0.1) is 11.3 Å². The first-order chi connectivity index (χ1) is 10.1. The average molecular weight is 305 g/mol. The third-order valence-corrected chi connectivity index (χ3v) is 4.50. The number of esters is 1. The highest BCUT2D eigenvalue weighted by molar-refractivity contribution is 7.11. The Morgan fingerprint density at radius 3 is 2.90 bits per heavy atom. The minimum Gasteiger partial charge on any atom is -0.465 e. The topological polar surface area (TPSA) is 77.2 Å². The molecule has 0 spiro atoms. The summed E-state index contributed by atoms with van der Waals surface area (Å²) >= 11 is 1.68. The van der Waals surface area contributed by atoms with Gasteiger partial charge in [0, 0.05) is 11.1 Å². The highest BCUT2D eigenvalue weighted by Crippen LogP contribution is 2.29. The molecule has 0 bridgehead atoms. The average Bonchev–Trinajstić information content (AvgIpc) is 2.97. The molecule has 1 heterocycles. The molecular weight excluding hydrogens is 286 g/mol. The van der Waals surface area contributed by atoms with Gasteiger partial charge in [0.2, 0.25) is 0 Å². The molecule has 0 aliphatic carbocycles. The first-order valence-electron chi connectivity index (χ1n) is 6.74. The first kappa shape index (κ1) is 15.3. The molecular formula is C15H19N3O2S. The van der Waals surface area contributed by atoms with Crippen molar-refractivity contribution in [3.63, 3.8) is 0 Å². The molecule has 1 atom stereocenters. The number of carbonyl (C=O) groups excluding carboxylic acids is 1. The Bertz CT molecular complexity index is 640. The van der Waals surface area contributed by atoms with E-state index in [0.717, 1.165) is 11.4 Å². The van der Waals surface area contributed by atoms with Gasteiger partial charge in [0.15, 0.2) is 0 Å². The summed E-state index contributed by atoms with van der Waals surface area (Å²) in [5.74, 6) is -0.439. The predicted molar refractivity (Wildman–Crippen MR) is 85.7 cm³/mol. The highest BCUT2D eigenvalue weighted by Gasteiger charge is 2.16. The van der Waals surface area contributed by atoms with Gasteiger partial charge in [0.25, 0.3) is 0 Å². The van der Waals surface area contributed by atoms with Gasteiger partial charge in [-0.1, -0.05) is 13.0 Å². The number of benzene rings is 1. The Balaban J connectivity index is 2.21. The lowest BCUT2D eigenvalue weighted by molar-refractivity contribution is 0.0602. The van der Waals surface area contributed by atoms with E-state index in [1.807, 2.05) is 19.2 Å². The summed E-state index contributed by atoms with van der Waals surface area (Å²) in [6.45, 7) is 4.12. The number of rotatable bonds is 5. The molecule has 0 fully saturated rings. The summed E-state index contributed by atoms with van der Waals surface area (Å²) in [7, 11) is 1.34. The number of para-hydroxylation sites is 1. The maximum absolute atomic E-state index is 11.6. The number of methoxy groups -OCH3 is 1. The number of nitrogens with one attached hydrogen (secondary N) is 1. The van der Waals surface area contributed by atoms with E-state index in [9.17, 15) is 4.79 Å². The van der Waals surface area contributed by atoms with Crippen molar-refractivity contribution in [1.82, 2.24) is 4.98 Å². The van der Waals surface area contributed by atoms with E-state index < -0.39 is 5.97 Å². The van der Waals surface area contributed by atoms with Crippen LogP contribution in [0.15, 0.2) is 24.4 Å². The van der Waals surface area contributed by atoms with Crippen LogP contribution in [0, 0.1) is 0 Å². The van der Waals surface area contributed by atoms with E-state index in [1.165, 1.54) is 12.0 Å². The van der Waals surface area contributed by atoms with Crippen molar-refractivity contribution >= 4 is 28.7 Å². The predicted octanol–water partition coefficient (Wildman–Crippen LogP) is 3.25. The van der Waals surface area contributed by atoms with Gasteiger partial charge >= 0.3 is 5.97 Å². The smallest absolute Gasteiger partial charge is 0.340 e. The van der Waals surface area contributed by atoms with Crippen LogP contribution in [0.1, 0.15) is 40.1 Å². The van der Waals surface area contributed by atoms with Crippen molar-refractivity contribution in [1.29, 1.82) is 0 Å². The lowest BCUT2D eigenvalue weighted by atomic mass is 10.1. The summed E-state index contributed by atoms with van der Waals surface area (Å²) in [6.07, 6.45) is 2.87. The Labute approximate surface area is 128 Å². The maximum Gasteiger partial charge on any atom is 0.340 e. The number of nitrogens with zero attached hydrogens (tertiary/aromatic N) is 1. The van der Waals surface area contributed by atoms with Crippen LogP contribution in [-0.2, 0) is 11.2 Å². The van der Waals surface area contributed by atoms with Crippen molar-refractivity contribution < 1.29 is 9.53 Å². The zero-order valence-corrected chi connectivity index (χ0v) is 13.2. The minimum atomic E-state index is -0.439. The van der Waals surface area contributed by atoms with Crippen LogP contribution in [0.2, 0.25) is 0 Å². The number of aromatic nitrogens is 1. The van der Waals surface area contributed by atoms with Gasteiger partial charge in [-0.25, -0.2) is 9.78 Å². The lowest BCUT2D eigenvalue weighted by Gasteiger charge is -2.16. The van der Waals surface area contributed by atoms with Crippen molar-refractivity contribution in [3.05, 3.63) is 39.8 Å². The van der Waals surface area contributed by atoms with Crippen LogP contribution in [0.3, 0.4) is 0 Å². The van der Waals surface area contributed by atoms with Crippen LogP contribution in [0.5, 0.6) is 0 Å². The fraction of sp³-hybridized carbons (Fsp3) is 0.333. The quantitative estimate of drug-likeness (QED) is 0.655. The number of hydrogen-bond donors (Lipinski definition) is 2. The Hall–Kier alpha value is -2.08. The van der Waals surface area contributed by atoms with Crippen molar-refractivity contribution in [2.24, 2.45) is 0 Å². The molecule has 0 saturated carbocycles. The summed E-state index contributed by atoms with van der Waals surface area (Å²) in [5, 5.41) is 4.29. The van der Waals surface area contributed by atoms with Gasteiger partial charge in [0.1, 0.15) is 5.01 Å². The van der Waals surface area contributed by atoms with Gasteiger partial charge < -0.3 is 15.8 Å². The monoisotopic (exact) mass is 305 g/mol. The SMILES string of the molecule is CCc1cnc(C(C)Nc2cccc(C(=O)OC)c2N)s1. The second-order valence-corrected chi connectivity index (χ2v) is 5.79. The maximum atomic E-state index is 11.6. The molecule has 6 heteroatoms. The van der Waals surface area contributed by atoms with Crippen molar-refractivity contribution in [2.75, 3.05) is 18.2 Å². The Morgan fingerprint density at radius 2 is 2.29 bits per heavy atom. The molecule has 1 aromatic heterocycles. The lowest BCUT2D eigenvalue weighted by Crippen LogP contribution is -2.11.